The molecule has 2 aromatic heterocycles. The predicted octanol–water partition coefficient (Wildman–Crippen LogP) is 3.63. The highest BCUT2D eigenvalue weighted by atomic mass is 32.2. The molecule has 8 heteroatoms. The van der Waals surface area contributed by atoms with E-state index in [1.54, 1.807) is 18.4 Å². The minimum absolute atomic E-state index is 0.177. The molecule has 0 spiro atoms. The highest BCUT2D eigenvalue weighted by Gasteiger charge is 2.21. The Hall–Kier alpha value is -2.63. The molecule has 1 amide bonds. The zero-order chi connectivity index (χ0) is 17.8. The summed E-state index contributed by atoms with van der Waals surface area (Å²) in [5.74, 6) is 0.579. The van der Waals surface area contributed by atoms with Crippen LogP contribution >= 0.6 is 23.1 Å². The summed E-state index contributed by atoms with van der Waals surface area (Å²) in [4.78, 5) is 12.4. The van der Waals surface area contributed by atoms with E-state index in [0.29, 0.717) is 15.7 Å². The number of hydrogen-bond donors (Lipinski definition) is 1. The van der Waals surface area contributed by atoms with Gasteiger partial charge in [0.25, 0.3) is 0 Å². The van der Waals surface area contributed by atoms with Gasteiger partial charge >= 0.3 is 0 Å². The van der Waals surface area contributed by atoms with Gasteiger partial charge in [-0.25, -0.2) is 0 Å². The number of anilines is 1. The zero-order valence-corrected chi connectivity index (χ0v) is 15.3. The largest absolute Gasteiger partial charge is 0.316 e. The molecular weight excluding hydrogens is 354 g/mol. The Kier molecular flexibility index (Phi) is 5.16. The average Bonchev–Trinajstić information content (AvgIpc) is 3.21. The van der Waals surface area contributed by atoms with Gasteiger partial charge in [0, 0.05) is 5.69 Å². The second-order valence-electron chi connectivity index (χ2n) is 5.23. The SMILES string of the molecule is Cc1nnc(S[C@@H](C)C(=O)Nc2sccc2C#N)n1-c1ccccc1. The highest BCUT2D eigenvalue weighted by Crippen LogP contribution is 2.28. The van der Waals surface area contributed by atoms with E-state index in [4.69, 9.17) is 5.26 Å². The summed E-state index contributed by atoms with van der Waals surface area (Å²) in [5.41, 5.74) is 1.42. The molecule has 0 aliphatic rings. The van der Waals surface area contributed by atoms with Crippen molar-refractivity contribution in [3.05, 3.63) is 53.2 Å². The fourth-order valence-electron chi connectivity index (χ4n) is 2.21. The van der Waals surface area contributed by atoms with Crippen molar-refractivity contribution < 1.29 is 4.79 Å². The second-order valence-corrected chi connectivity index (χ2v) is 7.45. The standard InChI is InChI=1S/C17H15N5OS2/c1-11(15(23)19-16-13(10-18)8-9-24-16)25-17-21-20-12(2)22(17)14-6-4-3-5-7-14/h3-9,11H,1-2H3,(H,19,23)/t11-/m0/s1. The van der Waals surface area contributed by atoms with E-state index in [2.05, 4.69) is 21.6 Å². The van der Waals surface area contributed by atoms with Crippen LogP contribution in [0.3, 0.4) is 0 Å². The van der Waals surface area contributed by atoms with Gasteiger partial charge in [-0.15, -0.1) is 21.5 Å². The Morgan fingerprint density at radius 2 is 2.08 bits per heavy atom. The first-order valence-electron chi connectivity index (χ1n) is 7.52. The topological polar surface area (TPSA) is 83.6 Å². The third-order valence-electron chi connectivity index (χ3n) is 3.48. The summed E-state index contributed by atoms with van der Waals surface area (Å²) >= 11 is 2.66. The minimum atomic E-state index is -0.389. The predicted molar refractivity (Wildman–Crippen MR) is 99.1 cm³/mol. The summed E-state index contributed by atoms with van der Waals surface area (Å²) in [7, 11) is 0. The van der Waals surface area contributed by atoms with Crippen LogP contribution in [0.4, 0.5) is 5.00 Å². The van der Waals surface area contributed by atoms with Crippen LogP contribution in [0.1, 0.15) is 18.3 Å². The first-order valence-corrected chi connectivity index (χ1v) is 9.28. The number of para-hydroxylation sites is 1. The molecule has 2 heterocycles. The van der Waals surface area contributed by atoms with Crippen molar-refractivity contribution in [2.45, 2.75) is 24.3 Å². The van der Waals surface area contributed by atoms with E-state index < -0.39 is 0 Å². The van der Waals surface area contributed by atoms with E-state index >= 15 is 0 Å². The smallest absolute Gasteiger partial charge is 0.238 e. The Morgan fingerprint density at radius 1 is 1.32 bits per heavy atom. The number of carbonyl (C=O) groups excluding carboxylic acids is 1. The van der Waals surface area contributed by atoms with E-state index in [1.165, 1.54) is 23.1 Å². The third-order valence-corrected chi connectivity index (χ3v) is 5.36. The van der Waals surface area contributed by atoms with Gasteiger partial charge in [0.15, 0.2) is 5.16 Å². The molecule has 126 valence electrons. The maximum atomic E-state index is 12.4. The molecule has 0 radical (unpaired) electrons. The van der Waals surface area contributed by atoms with E-state index in [9.17, 15) is 4.79 Å². The summed E-state index contributed by atoms with van der Waals surface area (Å²) in [6.45, 7) is 3.68. The Morgan fingerprint density at radius 3 is 2.80 bits per heavy atom. The van der Waals surface area contributed by atoms with Crippen LogP contribution in [0.25, 0.3) is 5.69 Å². The maximum absolute atomic E-state index is 12.4. The molecule has 0 aliphatic heterocycles. The lowest BCUT2D eigenvalue weighted by Crippen LogP contribution is -2.22. The lowest BCUT2D eigenvalue weighted by Gasteiger charge is -2.12. The second kappa shape index (κ2) is 7.51. The molecule has 3 rings (SSSR count). The van der Waals surface area contributed by atoms with Crippen LogP contribution < -0.4 is 5.32 Å². The fourth-order valence-corrected chi connectivity index (χ4v) is 3.87. The molecule has 1 aromatic carbocycles. The molecule has 1 atom stereocenters. The summed E-state index contributed by atoms with van der Waals surface area (Å²) in [6.07, 6.45) is 0. The van der Waals surface area contributed by atoms with Crippen molar-refractivity contribution in [2.75, 3.05) is 5.32 Å². The minimum Gasteiger partial charge on any atom is -0.316 e. The molecule has 1 N–H and O–H groups in total. The van der Waals surface area contributed by atoms with Crippen molar-refractivity contribution in [1.82, 2.24) is 14.8 Å². The van der Waals surface area contributed by atoms with Crippen LogP contribution in [0.15, 0.2) is 46.9 Å². The van der Waals surface area contributed by atoms with Crippen LogP contribution in [0.5, 0.6) is 0 Å². The summed E-state index contributed by atoms with van der Waals surface area (Å²) < 4.78 is 1.92. The van der Waals surface area contributed by atoms with E-state index in [1.807, 2.05) is 41.8 Å². The number of nitrogens with zero attached hydrogens (tertiary/aromatic N) is 4. The number of amides is 1. The molecule has 0 fully saturated rings. The lowest BCUT2D eigenvalue weighted by molar-refractivity contribution is -0.115. The molecule has 6 nitrogen and oxygen atoms in total. The van der Waals surface area contributed by atoms with Gasteiger partial charge in [-0.05, 0) is 37.4 Å². The van der Waals surface area contributed by atoms with Crippen molar-refractivity contribution in [1.29, 1.82) is 5.26 Å². The van der Waals surface area contributed by atoms with Gasteiger partial charge in [0.2, 0.25) is 5.91 Å². The quantitative estimate of drug-likeness (QED) is 0.694. The number of aryl methyl sites for hydroxylation is 1. The van der Waals surface area contributed by atoms with Gasteiger partial charge in [0.1, 0.15) is 16.9 Å². The van der Waals surface area contributed by atoms with Crippen molar-refractivity contribution in [3.63, 3.8) is 0 Å². The number of thioether (sulfide) groups is 1. The molecule has 25 heavy (non-hydrogen) atoms. The fraction of sp³-hybridized carbons (Fsp3) is 0.176. The summed E-state index contributed by atoms with van der Waals surface area (Å²) in [5, 5.41) is 22.8. The number of nitriles is 1. The van der Waals surface area contributed by atoms with Gasteiger partial charge in [-0.3, -0.25) is 9.36 Å². The molecule has 0 saturated heterocycles. The average molecular weight is 369 g/mol. The van der Waals surface area contributed by atoms with Gasteiger partial charge in [-0.1, -0.05) is 30.0 Å². The number of benzene rings is 1. The highest BCUT2D eigenvalue weighted by molar-refractivity contribution is 8.00. The Bertz CT molecular complexity index is 926. The van der Waals surface area contributed by atoms with Crippen LogP contribution in [0.2, 0.25) is 0 Å². The Balaban J connectivity index is 1.77. The summed E-state index contributed by atoms with van der Waals surface area (Å²) in [6, 6.07) is 13.5. The number of carbonyl (C=O) groups is 1. The molecule has 0 saturated carbocycles. The maximum Gasteiger partial charge on any atom is 0.238 e. The Labute approximate surface area is 153 Å². The number of nitrogens with one attached hydrogen (secondary N) is 1. The van der Waals surface area contributed by atoms with Crippen LogP contribution in [0, 0.1) is 18.3 Å². The number of aromatic nitrogens is 3. The van der Waals surface area contributed by atoms with Gasteiger partial charge in [-0.2, -0.15) is 5.26 Å². The normalized spacial score (nSPS) is 11.7. The van der Waals surface area contributed by atoms with Crippen molar-refractivity contribution in [3.8, 4) is 11.8 Å². The van der Waals surface area contributed by atoms with Gasteiger partial charge in [0.05, 0.1) is 10.8 Å². The van der Waals surface area contributed by atoms with Gasteiger partial charge < -0.3 is 5.32 Å². The van der Waals surface area contributed by atoms with Crippen molar-refractivity contribution >= 4 is 34.0 Å². The molecule has 0 unspecified atom stereocenters. The molecule has 0 bridgehead atoms. The van der Waals surface area contributed by atoms with E-state index in [-0.39, 0.29) is 11.2 Å². The third kappa shape index (κ3) is 3.73. The monoisotopic (exact) mass is 369 g/mol. The number of hydrogen-bond acceptors (Lipinski definition) is 6. The first kappa shape index (κ1) is 17.2. The van der Waals surface area contributed by atoms with E-state index in [0.717, 1.165) is 11.5 Å². The number of thiophene rings is 1. The first-order chi connectivity index (χ1) is 12.1. The number of rotatable bonds is 5. The molecule has 3 aromatic rings. The molecular formula is C17H15N5OS2. The molecule has 0 aliphatic carbocycles. The van der Waals surface area contributed by atoms with Crippen molar-refractivity contribution in [2.24, 2.45) is 0 Å². The van der Waals surface area contributed by atoms with Crippen LogP contribution in [-0.4, -0.2) is 25.9 Å². The lowest BCUT2D eigenvalue weighted by atomic mass is 10.3. The van der Waals surface area contributed by atoms with Crippen LogP contribution in [-0.2, 0) is 4.79 Å². The zero-order valence-electron chi connectivity index (χ0n) is 13.6.